The predicted molar refractivity (Wildman–Crippen MR) is 105 cm³/mol. The van der Waals surface area contributed by atoms with Crippen LogP contribution in [0.3, 0.4) is 0 Å². The zero-order chi connectivity index (χ0) is 18.8. The van der Waals surface area contributed by atoms with Crippen molar-refractivity contribution in [3.05, 3.63) is 64.7 Å². The Labute approximate surface area is 157 Å². The quantitative estimate of drug-likeness (QED) is 0.774. The summed E-state index contributed by atoms with van der Waals surface area (Å²) in [4.78, 5) is 24.5. The number of para-hydroxylation sites is 1. The third-order valence-electron chi connectivity index (χ3n) is 5.48. The van der Waals surface area contributed by atoms with Crippen LogP contribution in [-0.4, -0.2) is 26.3 Å². The van der Waals surface area contributed by atoms with Gasteiger partial charge in [-0.3, -0.25) is 9.59 Å². The minimum atomic E-state index is -0.0547. The summed E-state index contributed by atoms with van der Waals surface area (Å²) >= 11 is 0. The zero-order valence-electron chi connectivity index (χ0n) is 15.5. The molecule has 1 fully saturated rings. The SMILES string of the molecule is Cn1cc(CC(=O)NC2CCC(n3ncccc3=O)CC2)c2ccccc21. The van der Waals surface area contributed by atoms with Crippen LogP contribution in [0, 0.1) is 0 Å². The number of benzene rings is 1. The Morgan fingerprint density at radius 1 is 1.15 bits per heavy atom. The second-order valence-electron chi connectivity index (χ2n) is 7.34. The second kappa shape index (κ2) is 7.39. The fourth-order valence-corrected chi connectivity index (χ4v) is 4.13. The summed E-state index contributed by atoms with van der Waals surface area (Å²) in [5, 5.41) is 8.49. The molecule has 0 saturated heterocycles. The molecule has 2 aromatic heterocycles. The number of hydrogen-bond acceptors (Lipinski definition) is 3. The molecule has 27 heavy (non-hydrogen) atoms. The standard InChI is InChI=1S/C21H24N4O2/c1-24-14-15(18-5-2-3-6-19(18)24)13-20(26)23-16-8-10-17(11-9-16)25-21(27)7-4-12-22-25/h2-7,12,14,16-17H,8-11,13H2,1H3,(H,23,26). The van der Waals surface area contributed by atoms with E-state index in [0.29, 0.717) is 6.42 Å². The van der Waals surface area contributed by atoms with E-state index in [0.717, 1.165) is 42.1 Å². The van der Waals surface area contributed by atoms with Crippen LogP contribution >= 0.6 is 0 Å². The van der Waals surface area contributed by atoms with E-state index >= 15 is 0 Å². The molecular formula is C21H24N4O2. The van der Waals surface area contributed by atoms with Crippen LogP contribution in [0.1, 0.15) is 37.3 Å². The van der Waals surface area contributed by atoms with Crippen LogP contribution in [-0.2, 0) is 18.3 Å². The molecule has 2 heterocycles. The monoisotopic (exact) mass is 364 g/mol. The van der Waals surface area contributed by atoms with Crippen molar-refractivity contribution in [2.45, 2.75) is 44.2 Å². The highest BCUT2D eigenvalue weighted by atomic mass is 16.1. The molecule has 1 amide bonds. The van der Waals surface area contributed by atoms with Gasteiger partial charge in [0.25, 0.3) is 5.56 Å². The van der Waals surface area contributed by atoms with Crippen molar-refractivity contribution in [2.24, 2.45) is 7.05 Å². The van der Waals surface area contributed by atoms with E-state index in [2.05, 4.69) is 27.1 Å². The van der Waals surface area contributed by atoms with E-state index in [1.807, 2.05) is 25.4 Å². The highest BCUT2D eigenvalue weighted by molar-refractivity contribution is 5.89. The molecule has 0 radical (unpaired) electrons. The maximum Gasteiger partial charge on any atom is 0.266 e. The molecule has 4 rings (SSSR count). The van der Waals surface area contributed by atoms with Crippen LogP contribution in [0.5, 0.6) is 0 Å². The summed E-state index contributed by atoms with van der Waals surface area (Å²) in [5.74, 6) is 0.0600. The topological polar surface area (TPSA) is 68.9 Å². The molecule has 0 aliphatic heterocycles. The molecule has 0 spiro atoms. The van der Waals surface area contributed by atoms with Crippen molar-refractivity contribution >= 4 is 16.8 Å². The molecule has 1 saturated carbocycles. The first-order valence-corrected chi connectivity index (χ1v) is 9.48. The van der Waals surface area contributed by atoms with Crippen LogP contribution in [0.2, 0.25) is 0 Å². The van der Waals surface area contributed by atoms with E-state index < -0.39 is 0 Å². The third kappa shape index (κ3) is 3.65. The van der Waals surface area contributed by atoms with Crippen molar-refractivity contribution in [3.8, 4) is 0 Å². The normalized spacial score (nSPS) is 19.9. The van der Waals surface area contributed by atoms with E-state index in [9.17, 15) is 9.59 Å². The third-order valence-corrected chi connectivity index (χ3v) is 5.48. The molecular weight excluding hydrogens is 340 g/mol. The lowest BCUT2D eigenvalue weighted by atomic mass is 9.91. The minimum absolute atomic E-state index is 0.0547. The molecule has 0 unspecified atom stereocenters. The Kier molecular flexibility index (Phi) is 4.79. The van der Waals surface area contributed by atoms with Gasteiger partial charge in [0.15, 0.2) is 0 Å². The molecule has 1 aliphatic carbocycles. The van der Waals surface area contributed by atoms with Crippen molar-refractivity contribution in [3.63, 3.8) is 0 Å². The summed E-state index contributed by atoms with van der Waals surface area (Å²) in [6.07, 6.45) is 7.53. The van der Waals surface area contributed by atoms with Gasteiger partial charge in [-0.25, -0.2) is 4.68 Å². The number of nitrogens with one attached hydrogen (secondary N) is 1. The first-order chi connectivity index (χ1) is 13.1. The summed E-state index contributed by atoms with van der Waals surface area (Å²) in [5.41, 5.74) is 2.14. The van der Waals surface area contributed by atoms with Gasteiger partial charge >= 0.3 is 0 Å². The zero-order valence-corrected chi connectivity index (χ0v) is 15.5. The van der Waals surface area contributed by atoms with Gasteiger partial charge in [0.1, 0.15) is 0 Å². The van der Waals surface area contributed by atoms with E-state index in [-0.39, 0.29) is 23.6 Å². The smallest absolute Gasteiger partial charge is 0.266 e. The molecule has 0 atom stereocenters. The van der Waals surface area contributed by atoms with Gasteiger partial charge in [0.05, 0.1) is 12.5 Å². The predicted octanol–water partition coefficient (Wildman–Crippen LogP) is 2.58. The lowest BCUT2D eigenvalue weighted by molar-refractivity contribution is -0.121. The number of nitrogens with zero attached hydrogens (tertiary/aromatic N) is 3. The maximum atomic E-state index is 12.6. The number of rotatable bonds is 4. The Bertz CT molecular complexity index is 1010. The summed E-state index contributed by atoms with van der Waals surface area (Å²) in [6.45, 7) is 0. The molecule has 0 bridgehead atoms. The van der Waals surface area contributed by atoms with Gasteiger partial charge in [0.2, 0.25) is 5.91 Å². The fraction of sp³-hybridized carbons (Fsp3) is 0.381. The fourth-order valence-electron chi connectivity index (χ4n) is 4.13. The Morgan fingerprint density at radius 2 is 1.93 bits per heavy atom. The van der Waals surface area contributed by atoms with Gasteiger partial charge in [-0.1, -0.05) is 18.2 Å². The molecule has 6 nitrogen and oxygen atoms in total. The largest absolute Gasteiger partial charge is 0.353 e. The number of carbonyl (C=O) groups is 1. The Hall–Kier alpha value is -2.89. The second-order valence-corrected chi connectivity index (χ2v) is 7.34. The molecule has 1 aliphatic rings. The first kappa shape index (κ1) is 17.5. The number of fused-ring (bicyclic) bond motifs is 1. The molecule has 3 aromatic rings. The number of amides is 1. The summed E-state index contributed by atoms with van der Waals surface area (Å²) in [6, 6.07) is 11.7. The van der Waals surface area contributed by atoms with Crippen LogP contribution < -0.4 is 10.9 Å². The Balaban J connectivity index is 1.36. The van der Waals surface area contributed by atoms with Gasteiger partial charge in [-0.2, -0.15) is 5.10 Å². The van der Waals surface area contributed by atoms with Crippen molar-refractivity contribution in [1.82, 2.24) is 19.7 Å². The molecule has 6 heteroatoms. The van der Waals surface area contributed by atoms with Crippen LogP contribution in [0.15, 0.2) is 53.6 Å². The lowest BCUT2D eigenvalue weighted by Gasteiger charge is -2.29. The van der Waals surface area contributed by atoms with Gasteiger partial charge in [-0.05, 0) is 43.4 Å². The van der Waals surface area contributed by atoms with E-state index in [4.69, 9.17) is 0 Å². The van der Waals surface area contributed by atoms with Gasteiger partial charge < -0.3 is 9.88 Å². The number of aromatic nitrogens is 3. The first-order valence-electron chi connectivity index (χ1n) is 9.48. The highest BCUT2D eigenvalue weighted by Crippen LogP contribution is 2.27. The van der Waals surface area contributed by atoms with Crippen molar-refractivity contribution in [1.29, 1.82) is 0 Å². The Morgan fingerprint density at radius 3 is 2.70 bits per heavy atom. The van der Waals surface area contributed by atoms with E-state index in [1.165, 1.54) is 0 Å². The van der Waals surface area contributed by atoms with E-state index in [1.54, 1.807) is 23.0 Å². The summed E-state index contributed by atoms with van der Waals surface area (Å²) < 4.78 is 3.64. The van der Waals surface area contributed by atoms with Crippen molar-refractivity contribution in [2.75, 3.05) is 0 Å². The van der Waals surface area contributed by atoms with Crippen LogP contribution in [0.4, 0.5) is 0 Å². The highest BCUT2D eigenvalue weighted by Gasteiger charge is 2.24. The van der Waals surface area contributed by atoms with Crippen LogP contribution in [0.25, 0.3) is 10.9 Å². The minimum Gasteiger partial charge on any atom is -0.353 e. The lowest BCUT2D eigenvalue weighted by Crippen LogP contribution is -2.40. The average molecular weight is 364 g/mol. The number of hydrogen-bond donors (Lipinski definition) is 1. The molecule has 1 aromatic carbocycles. The maximum absolute atomic E-state index is 12.6. The number of carbonyl (C=O) groups excluding carboxylic acids is 1. The molecule has 140 valence electrons. The average Bonchev–Trinajstić information content (AvgIpc) is 2.99. The summed E-state index contributed by atoms with van der Waals surface area (Å²) in [7, 11) is 2.00. The number of aryl methyl sites for hydroxylation is 1. The van der Waals surface area contributed by atoms with Gasteiger partial charge in [0, 0.05) is 42.5 Å². The van der Waals surface area contributed by atoms with Crippen molar-refractivity contribution < 1.29 is 4.79 Å². The van der Waals surface area contributed by atoms with Gasteiger partial charge in [-0.15, -0.1) is 0 Å². The molecule has 1 N–H and O–H groups in total.